The number of hydrogen-bond donors (Lipinski definition) is 1. The van der Waals surface area contributed by atoms with E-state index in [1.807, 2.05) is 19.4 Å². The van der Waals surface area contributed by atoms with Crippen molar-refractivity contribution in [1.29, 1.82) is 0 Å². The zero-order chi connectivity index (χ0) is 10.4. The third-order valence-corrected chi connectivity index (χ3v) is 2.23. The van der Waals surface area contributed by atoms with Crippen molar-refractivity contribution in [2.75, 3.05) is 7.05 Å². The fourth-order valence-electron chi connectivity index (χ4n) is 1.50. The average Bonchev–Trinajstić information content (AvgIpc) is 2.17. The lowest BCUT2D eigenvalue weighted by Crippen LogP contribution is -2.27. The van der Waals surface area contributed by atoms with Crippen molar-refractivity contribution in [3.05, 3.63) is 42.2 Å². The van der Waals surface area contributed by atoms with Crippen molar-refractivity contribution in [3.8, 4) is 0 Å². The normalized spacial score (nSPS) is 12.4. The highest BCUT2D eigenvalue weighted by Gasteiger charge is 2.06. The van der Waals surface area contributed by atoms with E-state index in [2.05, 4.69) is 35.9 Å². The van der Waals surface area contributed by atoms with Crippen LogP contribution in [0, 0.1) is 0 Å². The second-order valence-electron chi connectivity index (χ2n) is 3.71. The van der Waals surface area contributed by atoms with Crippen LogP contribution in [0.1, 0.15) is 18.9 Å². The Hall–Kier alpha value is -1.15. The maximum atomic E-state index is 4.00. The lowest BCUT2D eigenvalue weighted by Gasteiger charge is -2.15. The van der Waals surface area contributed by atoms with Crippen LogP contribution >= 0.6 is 0 Å². The van der Waals surface area contributed by atoms with Crippen molar-refractivity contribution >= 4 is 0 Å². The Morgan fingerprint density at radius 1 is 1.50 bits per heavy atom. The summed E-state index contributed by atoms with van der Waals surface area (Å²) < 4.78 is 0. The molecule has 0 aliphatic heterocycles. The Labute approximate surface area is 86.1 Å². The number of nitrogens with one attached hydrogen (secondary N) is 1. The molecular weight excluding hydrogens is 172 g/mol. The van der Waals surface area contributed by atoms with Crippen LogP contribution in [0.2, 0.25) is 0 Å². The Balaban J connectivity index is 2.53. The van der Waals surface area contributed by atoms with Gasteiger partial charge in [0.15, 0.2) is 0 Å². The van der Waals surface area contributed by atoms with E-state index in [9.17, 15) is 0 Å². The van der Waals surface area contributed by atoms with Gasteiger partial charge in [0.25, 0.3) is 0 Å². The van der Waals surface area contributed by atoms with E-state index in [0.717, 1.165) is 12.8 Å². The first kappa shape index (κ1) is 10.9. The van der Waals surface area contributed by atoms with Crippen molar-refractivity contribution in [3.63, 3.8) is 0 Å². The predicted octanol–water partition coefficient (Wildman–Crippen LogP) is 2.18. The van der Waals surface area contributed by atoms with Crippen molar-refractivity contribution in [2.24, 2.45) is 0 Å². The molecule has 2 heteroatoms. The number of likely N-dealkylation sites (N-methyl/N-ethyl adjacent to an activating group) is 1. The zero-order valence-electron chi connectivity index (χ0n) is 8.96. The van der Waals surface area contributed by atoms with Gasteiger partial charge in [-0.05, 0) is 44.5 Å². The third kappa shape index (κ3) is 3.71. The monoisotopic (exact) mass is 190 g/mol. The number of nitrogens with zero attached hydrogens (tertiary/aromatic N) is 1. The summed E-state index contributed by atoms with van der Waals surface area (Å²) in [5.41, 5.74) is 2.54. The van der Waals surface area contributed by atoms with Gasteiger partial charge in [-0.1, -0.05) is 5.57 Å². The quantitative estimate of drug-likeness (QED) is 0.720. The lowest BCUT2D eigenvalue weighted by atomic mass is 10.0. The summed E-state index contributed by atoms with van der Waals surface area (Å²) in [6, 6.07) is 4.60. The summed E-state index contributed by atoms with van der Waals surface area (Å²) in [6.07, 6.45) is 5.73. The molecule has 0 aromatic carbocycles. The van der Waals surface area contributed by atoms with Gasteiger partial charge >= 0.3 is 0 Å². The molecule has 1 N–H and O–H groups in total. The van der Waals surface area contributed by atoms with Crippen molar-refractivity contribution in [1.82, 2.24) is 10.3 Å². The Morgan fingerprint density at radius 2 is 2.14 bits per heavy atom. The summed E-state index contributed by atoms with van der Waals surface area (Å²) in [6.45, 7) is 6.00. The first-order chi connectivity index (χ1) is 6.72. The highest BCUT2D eigenvalue weighted by molar-refractivity contribution is 5.12. The molecule has 1 heterocycles. The van der Waals surface area contributed by atoms with Crippen LogP contribution in [-0.2, 0) is 6.42 Å². The van der Waals surface area contributed by atoms with Crippen LogP contribution in [0.5, 0.6) is 0 Å². The van der Waals surface area contributed by atoms with Gasteiger partial charge in [-0.2, -0.15) is 0 Å². The fourth-order valence-corrected chi connectivity index (χ4v) is 1.50. The van der Waals surface area contributed by atoms with E-state index in [1.165, 1.54) is 11.1 Å². The topological polar surface area (TPSA) is 24.9 Å². The minimum Gasteiger partial charge on any atom is -0.316 e. The molecule has 2 nitrogen and oxygen atoms in total. The molecule has 1 atom stereocenters. The van der Waals surface area contributed by atoms with Crippen LogP contribution in [0.25, 0.3) is 0 Å². The number of hydrogen-bond acceptors (Lipinski definition) is 2. The van der Waals surface area contributed by atoms with Gasteiger partial charge in [0.1, 0.15) is 0 Å². The molecule has 0 bridgehead atoms. The second kappa shape index (κ2) is 5.55. The molecule has 1 aromatic rings. The molecule has 0 radical (unpaired) electrons. The second-order valence-corrected chi connectivity index (χ2v) is 3.71. The predicted molar refractivity (Wildman–Crippen MR) is 60.2 cm³/mol. The largest absolute Gasteiger partial charge is 0.316 e. The number of aromatic nitrogens is 1. The molecule has 0 saturated heterocycles. The van der Waals surface area contributed by atoms with Crippen molar-refractivity contribution < 1.29 is 0 Å². The van der Waals surface area contributed by atoms with E-state index >= 15 is 0 Å². The first-order valence-corrected chi connectivity index (χ1v) is 4.93. The minimum absolute atomic E-state index is 0.481. The van der Waals surface area contributed by atoms with Crippen LogP contribution in [0.3, 0.4) is 0 Å². The number of pyridine rings is 1. The van der Waals surface area contributed by atoms with E-state index < -0.39 is 0 Å². The highest BCUT2D eigenvalue weighted by atomic mass is 14.9. The maximum absolute atomic E-state index is 4.00. The molecular formula is C12H18N2. The SMILES string of the molecule is C=C(C)CC(Cc1ccncc1)NC. The van der Waals surface area contributed by atoms with Gasteiger partial charge in [0.2, 0.25) is 0 Å². The van der Waals surface area contributed by atoms with E-state index in [0.29, 0.717) is 6.04 Å². The summed E-state index contributed by atoms with van der Waals surface area (Å²) >= 11 is 0. The first-order valence-electron chi connectivity index (χ1n) is 4.93. The van der Waals surface area contributed by atoms with Gasteiger partial charge in [0.05, 0.1) is 0 Å². The molecule has 76 valence electrons. The molecule has 1 unspecified atom stereocenters. The van der Waals surface area contributed by atoms with Crippen LogP contribution in [0.4, 0.5) is 0 Å². The fraction of sp³-hybridized carbons (Fsp3) is 0.417. The third-order valence-electron chi connectivity index (χ3n) is 2.23. The number of rotatable bonds is 5. The molecule has 1 rings (SSSR count). The van der Waals surface area contributed by atoms with Crippen LogP contribution in [0.15, 0.2) is 36.7 Å². The van der Waals surface area contributed by atoms with Gasteiger partial charge < -0.3 is 5.32 Å². The van der Waals surface area contributed by atoms with Crippen LogP contribution < -0.4 is 5.32 Å². The molecule has 14 heavy (non-hydrogen) atoms. The summed E-state index contributed by atoms with van der Waals surface area (Å²) in [7, 11) is 1.99. The van der Waals surface area contributed by atoms with E-state index in [-0.39, 0.29) is 0 Å². The van der Waals surface area contributed by atoms with Crippen LogP contribution in [-0.4, -0.2) is 18.1 Å². The summed E-state index contributed by atoms with van der Waals surface area (Å²) in [5.74, 6) is 0. The molecule has 0 saturated carbocycles. The lowest BCUT2D eigenvalue weighted by molar-refractivity contribution is 0.554. The standard InChI is InChI=1S/C12H18N2/c1-10(2)8-12(13-3)9-11-4-6-14-7-5-11/h4-7,12-13H,1,8-9H2,2-3H3. The van der Waals surface area contributed by atoms with Crippen molar-refractivity contribution in [2.45, 2.75) is 25.8 Å². The van der Waals surface area contributed by atoms with Gasteiger partial charge in [-0.3, -0.25) is 4.98 Å². The maximum Gasteiger partial charge on any atom is 0.0270 e. The van der Waals surface area contributed by atoms with E-state index in [1.54, 1.807) is 0 Å². The highest BCUT2D eigenvalue weighted by Crippen LogP contribution is 2.08. The molecule has 0 spiro atoms. The van der Waals surface area contributed by atoms with Gasteiger partial charge in [-0.25, -0.2) is 0 Å². The molecule has 1 aromatic heterocycles. The molecule has 0 amide bonds. The Morgan fingerprint density at radius 3 is 2.64 bits per heavy atom. The zero-order valence-corrected chi connectivity index (χ0v) is 8.96. The Bertz CT molecular complexity index is 280. The minimum atomic E-state index is 0.481. The molecule has 0 aliphatic rings. The van der Waals surface area contributed by atoms with Gasteiger partial charge in [-0.15, -0.1) is 6.58 Å². The summed E-state index contributed by atoms with van der Waals surface area (Å²) in [4.78, 5) is 4.00. The summed E-state index contributed by atoms with van der Waals surface area (Å²) in [5, 5.41) is 3.30. The molecule has 0 fully saturated rings. The smallest absolute Gasteiger partial charge is 0.0270 e. The van der Waals surface area contributed by atoms with Gasteiger partial charge in [0, 0.05) is 18.4 Å². The van der Waals surface area contributed by atoms with E-state index in [4.69, 9.17) is 0 Å². The Kier molecular flexibility index (Phi) is 4.33. The average molecular weight is 190 g/mol. The molecule has 0 aliphatic carbocycles.